The molecule has 1 unspecified atom stereocenters. The molecule has 3 heteroatoms. The molecule has 0 fully saturated rings. The Morgan fingerprint density at radius 1 is 1.28 bits per heavy atom. The van der Waals surface area contributed by atoms with Crippen LogP contribution in [0.15, 0.2) is 18.2 Å². The summed E-state index contributed by atoms with van der Waals surface area (Å²) in [5, 5.41) is 3.39. The predicted octanol–water partition coefficient (Wildman–Crippen LogP) is 3.39. The van der Waals surface area contributed by atoms with Crippen molar-refractivity contribution in [2.75, 3.05) is 6.54 Å². The summed E-state index contributed by atoms with van der Waals surface area (Å²) in [6.45, 7) is 10.5. The van der Waals surface area contributed by atoms with E-state index in [1.54, 1.807) is 0 Å². The quantitative estimate of drug-likeness (QED) is 0.768. The molecule has 0 radical (unpaired) electrons. The first kappa shape index (κ1) is 15.0. The molecule has 0 aliphatic carbocycles. The average Bonchev–Trinajstić information content (AvgIpc) is 2.29. The maximum Gasteiger partial charge on any atom is 0.213 e. The molecule has 0 aliphatic rings. The van der Waals surface area contributed by atoms with Crippen LogP contribution in [0.5, 0.6) is 5.88 Å². The van der Waals surface area contributed by atoms with Crippen LogP contribution >= 0.6 is 0 Å². The van der Waals surface area contributed by atoms with Crippen LogP contribution in [0.3, 0.4) is 0 Å². The summed E-state index contributed by atoms with van der Waals surface area (Å²) in [6, 6.07) is 5.97. The van der Waals surface area contributed by atoms with Crippen molar-refractivity contribution in [3.05, 3.63) is 23.9 Å². The van der Waals surface area contributed by atoms with Crippen LogP contribution in [-0.4, -0.2) is 17.6 Å². The van der Waals surface area contributed by atoms with E-state index in [4.69, 9.17) is 4.74 Å². The number of hydrogen-bond acceptors (Lipinski definition) is 3. The number of aromatic nitrogens is 1. The Kier molecular flexibility index (Phi) is 6.73. The maximum atomic E-state index is 5.78. The molecule has 0 amide bonds. The molecule has 1 aromatic rings. The average molecular weight is 250 g/mol. The topological polar surface area (TPSA) is 34.1 Å². The molecule has 102 valence electrons. The molecule has 0 bridgehead atoms. The van der Waals surface area contributed by atoms with E-state index < -0.39 is 0 Å². The zero-order valence-corrected chi connectivity index (χ0v) is 12.1. The minimum absolute atomic E-state index is 0.237. The Labute approximate surface area is 111 Å². The van der Waals surface area contributed by atoms with Crippen LogP contribution in [0.1, 0.15) is 46.2 Å². The van der Waals surface area contributed by atoms with Gasteiger partial charge in [-0.05, 0) is 31.9 Å². The van der Waals surface area contributed by atoms with Gasteiger partial charge in [-0.1, -0.05) is 33.3 Å². The molecule has 1 heterocycles. The molecule has 3 nitrogen and oxygen atoms in total. The van der Waals surface area contributed by atoms with E-state index in [2.05, 4.69) is 38.0 Å². The highest BCUT2D eigenvalue weighted by molar-refractivity contribution is 5.16. The summed E-state index contributed by atoms with van der Waals surface area (Å²) in [4.78, 5) is 4.51. The predicted molar refractivity (Wildman–Crippen MR) is 75.8 cm³/mol. The molecule has 0 aromatic carbocycles. The SMILES string of the molecule is CCCC(C)Oc1cccc(CNCC(C)C)n1. The van der Waals surface area contributed by atoms with E-state index in [9.17, 15) is 0 Å². The first-order valence-corrected chi connectivity index (χ1v) is 6.95. The molecular weight excluding hydrogens is 224 g/mol. The van der Waals surface area contributed by atoms with Crippen molar-refractivity contribution in [2.24, 2.45) is 5.92 Å². The summed E-state index contributed by atoms with van der Waals surface area (Å²) >= 11 is 0. The lowest BCUT2D eigenvalue weighted by Crippen LogP contribution is -2.20. The minimum atomic E-state index is 0.237. The third kappa shape index (κ3) is 6.01. The van der Waals surface area contributed by atoms with Gasteiger partial charge in [0.1, 0.15) is 0 Å². The monoisotopic (exact) mass is 250 g/mol. The highest BCUT2D eigenvalue weighted by atomic mass is 16.5. The number of pyridine rings is 1. The van der Waals surface area contributed by atoms with Crippen molar-refractivity contribution in [1.82, 2.24) is 10.3 Å². The van der Waals surface area contributed by atoms with Crippen LogP contribution in [0.4, 0.5) is 0 Å². The van der Waals surface area contributed by atoms with Crippen molar-refractivity contribution in [3.63, 3.8) is 0 Å². The third-order valence-corrected chi connectivity index (χ3v) is 2.66. The number of rotatable bonds is 8. The summed E-state index contributed by atoms with van der Waals surface area (Å²) in [6.07, 6.45) is 2.44. The second-order valence-electron chi connectivity index (χ2n) is 5.21. The Morgan fingerprint density at radius 2 is 2.06 bits per heavy atom. The van der Waals surface area contributed by atoms with Crippen molar-refractivity contribution in [1.29, 1.82) is 0 Å². The van der Waals surface area contributed by atoms with E-state index >= 15 is 0 Å². The number of nitrogens with one attached hydrogen (secondary N) is 1. The van der Waals surface area contributed by atoms with E-state index in [0.717, 1.165) is 37.5 Å². The fraction of sp³-hybridized carbons (Fsp3) is 0.667. The minimum Gasteiger partial charge on any atom is -0.475 e. The Bertz CT molecular complexity index is 339. The van der Waals surface area contributed by atoms with Gasteiger partial charge in [-0.2, -0.15) is 0 Å². The van der Waals surface area contributed by atoms with Gasteiger partial charge < -0.3 is 10.1 Å². The number of nitrogens with zero attached hydrogens (tertiary/aromatic N) is 1. The molecule has 1 rings (SSSR count). The molecule has 1 N–H and O–H groups in total. The van der Waals surface area contributed by atoms with E-state index in [1.807, 2.05) is 18.2 Å². The standard InChI is InChI=1S/C15H26N2O/c1-5-7-13(4)18-15-9-6-8-14(17-15)11-16-10-12(2)3/h6,8-9,12-13,16H,5,7,10-11H2,1-4H3. The highest BCUT2D eigenvalue weighted by Gasteiger charge is 2.04. The van der Waals surface area contributed by atoms with Gasteiger partial charge in [0.05, 0.1) is 11.8 Å². The zero-order chi connectivity index (χ0) is 13.4. The van der Waals surface area contributed by atoms with E-state index in [0.29, 0.717) is 5.92 Å². The molecular formula is C15H26N2O. The van der Waals surface area contributed by atoms with Crippen LogP contribution in [-0.2, 0) is 6.54 Å². The zero-order valence-electron chi connectivity index (χ0n) is 12.1. The van der Waals surface area contributed by atoms with Crippen molar-refractivity contribution < 1.29 is 4.74 Å². The molecule has 0 spiro atoms. The number of hydrogen-bond donors (Lipinski definition) is 1. The lowest BCUT2D eigenvalue weighted by molar-refractivity contribution is 0.201. The lowest BCUT2D eigenvalue weighted by atomic mass is 10.2. The fourth-order valence-electron chi connectivity index (χ4n) is 1.78. The van der Waals surface area contributed by atoms with Gasteiger partial charge in [-0.3, -0.25) is 0 Å². The van der Waals surface area contributed by atoms with Crippen LogP contribution in [0.25, 0.3) is 0 Å². The second-order valence-corrected chi connectivity index (χ2v) is 5.21. The molecule has 18 heavy (non-hydrogen) atoms. The van der Waals surface area contributed by atoms with Gasteiger partial charge in [0.25, 0.3) is 0 Å². The third-order valence-electron chi connectivity index (χ3n) is 2.66. The van der Waals surface area contributed by atoms with Gasteiger partial charge in [0.2, 0.25) is 5.88 Å². The normalized spacial score (nSPS) is 12.7. The molecule has 0 aliphatic heterocycles. The van der Waals surface area contributed by atoms with Gasteiger partial charge >= 0.3 is 0 Å². The Morgan fingerprint density at radius 3 is 2.72 bits per heavy atom. The van der Waals surface area contributed by atoms with Crippen molar-refractivity contribution >= 4 is 0 Å². The van der Waals surface area contributed by atoms with Gasteiger partial charge in [0, 0.05) is 12.6 Å². The molecule has 0 saturated heterocycles. The number of ether oxygens (including phenoxy) is 1. The second kappa shape index (κ2) is 8.09. The summed E-state index contributed by atoms with van der Waals surface area (Å²) in [5.41, 5.74) is 1.04. The maximum absolute atomic E-state index is 5.78. The lowest BCUT2D eigenvalue weighted by Gasteiger charge is -2.13. The van der Waals surface area contributed by atoms with Gasteiger partial charge in [-0.25, -0.2) is 4.98 Å². The van der Waals surface area contributed by atoms with Crippen LogP contribution < -0.4 is 10.1 Å². The van der Waals surface area contributed by atoms with Crippen LogP contribution in [0.2, 0.25) is 0 Å². The first-order valence-electron chi connectivity index (χ1n) is 6.95. The summed E-state index contributed by atoms with van der Waals surface area (Å²) < 4.78 is 5.78. The molecule has 1 atom stereocenters. The van der Waals surface area contributed by atoms with Crippen molar-refractivity contribution in [2.45, 2.75) is 53.2 Å². The summed E-state index contributed by atoms with van der Waals surface area (Å²) in [5.74, 6) is 1.40. The Hall–Kier alpha value is -1.09. The van der Waals surface area contributed by atoms with Gasteiger partial charge in [0.15, 0.2) is 0 Å². The van der Waals surface area contributed by atoms with Crippen molar-refractivity contribution in [3.8, 4) is 5.88 Å². The summed E-state index contributed by atoms with van der Waals surface area (Å²) in [7, 11) is 0. The fourth-order valence-corrected chi connectivity index (χ4v) is 1.78. The molecule has 0 saturated carbocycles. The molecule has 1 aromatic heterocycles. The smallest absolute Gasteiger partial charge is 0.213 e. The van der Waals surface area contributed by atoms with E-state index in [-0.39, 0.29) is 6.10 Å². The van der Waals surface area contributed by atoms with Gasteiger partial charge in [-0.15, -0.1) is 0 Å². The largest absolute Gasteiger partial charge is 0.475 e. The first-order chi connectivity index (χ1) is 8.61. The Balaban J connectivity index is 2.46. The van der Waals surface area contributed by atoms with Crippen LogP contribution in [0, 0.1) is 5.92 Å². The van der Waals surface area contributed by atoms with E-state index in [1.165, 1.54) is 0 Å². The highest BCUT2D eigenvalue weighted by Crippen LogP contribution is 2.12.